The Kier molecular flexibility index (Phi) is 3.38. The topological polar surface area (TPSA) is 81.8 Å². The fourth-order valence-electron chi connectivity index (χ4n) is 2.74. The molecular weight excluding hydrogens is 309 g/mol. The highest BCUT2D eigenvalue weighted by atomic mass is 19.1. The second kappa shape index (κ2) is 5.69. The van der Waals surface area contributed by atoms with Gasteiger partial charge in [0.05, 0.1) is 17.6 Å². The van der Waals surface area contributed by atoms with Gasteiger partial charge in [0.15, 0.2) is 0 Å². The van der Waals surface area contributed by atoms with Crippen LogP contribution < -0.4 is 16.2 Å². The number of carbonyl (C=O) groups excluding carboxylic acids is 1. The van der Waals surface area contributed by atoms with E-state index in [0.29, 0.717) is 34.4 Å². The van der Waals surface area contributed by atoms with Gasteiger partial charge in [-0.05, 0) is 36.4 Å². The molecular formula is C17H14FN5O. The Bertz CT molecular complexity index is 948. The Labute approximate surface area is 136 Å². The summed E-state index contributed by atoms with van der Waals surface area (Å²) in [6.07, 6.45) is 5.19. The Morgan fingerprint density at radius 1 is 1.21 bits per heavy atom. The number of amides is 1. The van der Waals surface area contributed by atoms with Crippen LogP contribution in [0.2, 0.25) is 0 Å². The number of rotatable bonds is 3. The normalized spacial score (nSPS) is 13.7. The van der Waals surface area contributed by atoms with Crippen molar-refractivity contribution in [3.05, 3.63) is 65.9 Å². The van der Waals surface area contributed by atoms with Gasteiger partial charge in [0.25, 0.3) is 5.91 Å². The van der Waals surface area contributed by atoms with E-state index in [2.05, 4.69) is 26.1 Å². The number of H-pyrrole nitrogens is 1. The van der Waals surface area contributed by atoms with Crippen molar-refractivity contribution in [2.24, 2.45) is 0 Å². The van der Waals surface area contributed by atoms with Crippen LogP contribution in [0, 0.1) is 5.82 Å². The van der Waals surface area contributed by atoms with E-state index in [1.807, 2.05) is 18.2 Å². The predicted molar refractivity (Wildman–Crippen MR) is 89.6 cm³/mol. The minimum Gasteiger partial charge on any atom is -0.350 e. The van der Waals surface area contributed by atoms with Gasteiger partial charge in [-0.25, -0.2) is 4.39 Å². The van der Waals surface area contributed by atoms with Crippen LogP contribution in [-0.2, 0) is 0 Å². The van der Waals surface area contributed by atoms with Gasteiger partial charge in [-0.3, -0.25) is 15.2 Å². The monoisotopic (exact) mass is 323 g/mol. The second-order valence-electron chi connectivity index (χ2n) is 5.38. The van der Waals surface area contributed by atoms with Crippen molar-refractivity contribution in [1.82, 2.24) is 20.7 Å². The highest BCUT2D eigenvalue weighted by Gasteiger charge is 2.23. The molecule has 0 saturated carbocycles. The van der Waals surface area contributed by atoms with Crippen LogP contribution in [0.15, 0.2) is 48.8 Å². The maximum atomic E-state index is 13.7. The largest absolute Gasteiger partial charge is 0.350 e. The summed E-state index contributed by atoms with van der Waals surface area (Å²) in [4.78, 5) is 19.3. The van der Waals surface area contributed by atoms with Crippen LogP contribution in [0.4, 0.5) is 10.1 Å². The first-order chi connectivity index (χ1) is 11.7. The number of nitrogens with one attached hydrogen (secondary N) is 4. The van der Waals surface area contributed by atoms with Crippen LogP contribution in [0.5, 0.6) is 0 Å². The second-order valence-corrected chi connectivity index (χ2v) is 5.38. The highest BCUT2D eigenvalue weighted by Crippen LogP contribution is 2.29. The number of aromatic nitrogens is 2. The maximum absolute atomic E-state index is 13.7. The van der Waals surface area contributed by atoms with E-state index >= 15 is 0 Å². The molecule has 0 saturated heterocycles. The average molecular weight is 323 g/mol. The molecule has 0 atom stereocenters. The Balaban J connectivity index is 1.77. The SMILES string of the molecule is O=C1NCC=C(NNc2cccnc2)c2c1[nH]c1ccc(F)cc21. The number of fused-ring (bicyclic) bond motifs is 3. The number of hydrogen-bond donors (Lipinski definition) is 4. The molecule has 1 aliphatic heterocycles. The van der Waals surface area contributed by atoms with E-state index in [1.165, 1.54) is 12.1 Å². The molecule has 0 aliphatic carbocycles. The van der Waals surface area contributed by atoms with Crippen LogP contribution in [0.25, 0.3) is 16.6 Å². The number of nitrogens with zero attached hydrogens (tertiary/aromatic N) is 1. The number of aromatic amines is 1. The minimum absolute atomic E-state index is 0.226. The lowest BCUT2D eigenvalue weighted by Gasteiger charge is -2.12. The summed E-state index contributed by atoms with van der Waals surface area (Å²) < 4.78 is 13.7. The predicted octanol–water partition coefficient (Wildman–Crippen LogP) is 2.40. The summed E-state index contributed by atoms with van der Waals surface area (Å²) in [5, 5.41) is 3.43. The van der Waals surface area contributed by atoms with Gasteiger partial charge in [-0.15, -0.1) is 0 Å². The number of benzene rings is 1. The summed E-state index contributed by atoms with van der Waals surface area (Å²) in [6.45, 7) is 0.370. The van der Waals surface area contributed by atoms with E-state index in [1.54, 1.807) is 18.5 Å². The summed E-state index contributed by atoms with van der Waals surface area (Å²) in [7, 11) is 0. The molecule has 1 aromatic carbocycles. The van der Waals surface area contributed by atoms with Gasteiger partial charge in [0, 0.05) is 29.2 Å². The molecule has 0 spiro atoms. The third-order valence-electron chi connectivity index (χ3n) is 3.83. The molecule has 2 aromatic heterocycles. The number of hydrogen-bond acceptors (Lipinski definition) is 4. The first kappa shape index (κ1) is 14.3. The Hall–Kier alpha value is -3.35. The molecule has 1 amide bonds. The van der Waals surface area contributed by atoms with Crippen molar-refractivity contribution in [1.29, 1.82) is 0 Å². The zero-order valence-corrected chi connectivity index (χ0v) is 12.6. The van der Waals surface area contributed by atoms with Crippen molar-refractivity contribution in [3.8, 4) is 0 Å². The molecule has 7 heteroatoms. The van der Waals surface area contributed by atoms with Crippen LogP contribution in [0.1, 0.15) is 16.1 Å². The van der Waals surface area contributed by atoms with Gasteiger partial charge >= 0.3 is 0 Å². The lowest BCUT2D eigenvalue weighted by Crippen LogP contribution is -2.22. The van der Waals surface area contributed by atoms with Gasteiger partial charge in [-0.2, -0.15) is 0 Å². The summed E-state index contributed by atoms with van der Waals surface area (Å²) in [6, 6.07) is 8.07. The van der Waals surface area contributed by atoms with Crippen LogP contribution in [0.3, 0.4) is 0 Å². The molecule has 4 N–H and O–H groups in total. The van der Waals surface area contributed by atoms with E-state index in [9.17, 15) is 9.18 Å². The van der Waals surface area contributed by atoms with Gasteiger partial charge in [0.1, 0.15) is 11.5 Å². The lowest BCUT2D eigenvalue weighted by atomic mass is 10.1. The van der Waals surface area contributed by atoms with E-state index in [0.717, 1.165) is 5.69 Å². The molecule has 24 heavy (non-hydrogen) atoms. The number of carbonyl (C=O) groups is 1. The average Bonchev–Trinajstić information content (AvgIpc) is 2.89. The molecule has 3 aromatic rings. The number of pyridine rings is 1. The summed E-state index contributed by atoms with van der Waals surface area (Å²) in [5.74, 6) is -0.579. The first-order valence-electron chi connectivity index (χ1n) is 7.44. The summed E-state index contributed by atoms with van der Waals surface area (Å²) in [5.41, 5.74) is 9.32. The summed E-state index contributed by atoms with van der Waals surface area (Å²) >= 11 is 0. The number of halogens is 1. The number of hydrazine groups is 1. The third kappa shape index (κ3) is 2.45. The highest BCUT2D eigenvalue weighted by molar-refractivity contribution is 6.07. The molecule has 0 radical (unpaired) electrons. The van der Waals surface area contributed by atoms with E-state index < -0.39 is 0 Å². The smallest absolute Gasteiger partial charge is 0.268 e. The number of anilines is 1. The molecule has 6 nitrogen and oxygen atoms in total. The minimum atomic E-state index is -0.353. The molecule has 1 aliphatic rings. The first-order valence-corrected chi connectivity index (χ1v) is 7.44. The van der Waals surface area contributed by atoms with Crippen molar-refractivity contribution in [2.75, 3.05) is 12.0 Å². The zero-order valence-electron chi connectivity index (χ0n) is 12.6. The van der Waals surface area contributed by atoms with Crippen molar-refractivity contribution >= 4 is 28.2 Å². The van der Waals surface area contributed by atoms with Crippen LogP contribution >= 0.6 is 0 Å². The fraction of sp³-hybridized carbons (Fsp3) is 0.0588. The molecule has 3 heterocycles. The van der Waals surface area contributed by atoms with Crippen molar-refractivity contribution in [2.45, 2.75) is 0 Å². The Morgan fingerprint density at radius 3 is 2.96 bits per heavy atom. The quantitative estimate of drug-likeness (QED) is 0.558. The molecule has 120 valence electrons. The van der Waals surface area contributed by atoms with Gasteiger partial charge in [-0.1, -0.05) is 0 Å². The fourth-order valence-corrected chi connectivity index (χ4v) is 2.74. The molecule has 0 fully saturated rings. The molecule has 0 bridgehead atoms. The third-order valence-corrected chi connectivity index (χ3v) is 3.83. The Morgan fingerprint density at radius 2 is 2.12 bits per heavy atom. The van der Waals surface area contributed by atoms with Gasteiger partial charge < -0.3 is 15.7 Å². The van der Waals surface area contributed by atoms with E-state index in [4.69, 9.17) is 0 Å². The zero-order chi connectivity index (χ0) is 16.5. The van der Waals surface area contributed by atoms with Crippen molar-refractivity contribution in [3.63, 3.8) is 0 Å². The van der Waals surface area contributed by atoms with E-state index in [-0.39, 0.29) is 11.7 Å². The molecule has 4 rings (SSSR count). The molecule has 0 unspecified atom stereocenters. The lowest BCUT2D eigenvalue weighted by molar-refractivity contribution is 0.0954. The standard InChI is InChI=1S/C17H14FN5O/c18-10-3-4-13-12(8-10)15-14(5-7-20-17(24)16(15)21-13)23-22-11-2-1-6-19-9-11/h1-6,8-9,21-23H,7H2,(H,20,24). The maximum Gasteiger partial charge on any atom is 0.268 e. The van der Waals surface area contributed by atoms with Crippen LogP contribution in [-0.4, -0.2) is 22.4 Å². The van der Waals surface area contributed by atoms with Gasteiger partial charge in [0.2, 0.25) is 0 Å². The van der Waals surface area contributed by atoms with Crippen molar-refractivity contribution < 1.29 is 9.18 Å².